The van der Waals surface area contributed by atoms with Crippen molar-refractivity contribution in [3.8, 4) is 5.75 Å². The SMILES string of the molecule is CCCCCC(OCc1ccc(OC)cc1)c1ccc([C@H]2/C(=N/C)CC[C@@H]2CCCc2ccc(C(=O)OC)s2)cc1. The van der Waals surface area contributed by atoms with Crippen LogP contribution in [0.5, 0.6) is 5.75 Å². The Bertz CT molecular complexity index is 1250. The van der Waals surface area contributed by atoms with Gasteiger partial charge in [-0.05, 0) is 85.4 Å². The number of aliphatic imine (C=N–C) groups is 1. The summed E-state index contributed by atoms with van der Waals surface area (Å²) in [6, 6.07) is 21.3. The van der Waals surface area contributed by atoms with Gasteiger partial charge < -0.3 is 14.2 Å². The van der Waals surface area contributed by atoms with E-state index in [1.165, 1.54) is 48.1 Å². The first-order chi connectivity index (χ1) is 20.1. The third kappa shape index (κ3) is 8.52. The van der Waals surface area contributed by atoms with Gasteiger partial charge in [0.05, 0.1) is 26.9 Å². The van der Waals surface area contributed by atoms with Gasteiger partial charge in [-0.3, -0.25) is 4.99 Å². The molecule has 220 valence electrons. The van der Waals surface area contributed by atoms with Crippen LogP contribution in [-0.4, -0.2) is 32.9 Å². The van der Waals surface area contributed by atoms with Gasteiger partial charge in [0.25, 0.3) is 0 Å². The zero-order valence-corrected chi connectivity index (χ0v) is 25.9. The van der Waals surface area contributed by atoms with Crippen LogP contribution in [0.15, 0.2) is 65.7 Å². The van der Waals surface area contributed by atoms with Crippen LogP contribution in [0.1, 0.15) is 102 Å². The predicted octanol–water partition coefficient (Wildman–Crippen LogP) is 8.97. The number of carbonyl (C=O) groups is 1. The molecule has 1 saturated carbocycles. The standard InChI is InChI=1S/C35H45NO4S/c1-5-6-7-11-32(40-24-25-12-19-29(38-3)20-13-25)26-14-16-28(17-15-26)34-27(18-22-31(34)36-2)9-8-10-30-21-23-33(41-30)35(37)39-4/h12-17,19-21,23,27,32,34H,5-11,18,22,24H2,1-4H3/b36-31+/t27-,32?,34-/m0/s1. The molecular formula is C35H45NO4S. The molecule has 2 aromatic carbocycles. The van der Waals surface area contributed by atoms with Gasteiger partial charge in [0, 0.05) is 23.6 Å². The quantitative estimate of drug-likeness (QED) is 0.134. The summed E-state index contributed by atoms with van der Waals surface area (Å²) in [5.41, 5.74) is 5.09. The fourth-order valence-corrected chi connectivity index (χ4v) is 6.95. The highest BCUT2D eigenvalue weighted by Gasteiger charge is 2.33. The van der Waals surface area contributed by atoms with Gasteiger partial charge in [0.2, 0.25) is 0 Å². The lowest BCUT2D eigenvalue weighted by Gasteiger charge is -2.23. The molecule has 0 aliphatic heterocycles. The van der Waals surface area contributed by atoms with E-state index in [0.717, 1.165) is 49.8 Å². The molecule has 3 atom stereocenters. The number of ether oxygens (including phenoxy) is 3. The Hall–Kier alpha value is -2.96. The first-order valence-electron chi connectivity index (χ1n) is 15.0. The van der Waals surface area contributed by atoms with Gasteiger partial charge in [-0.2, -0.15) is 0 Å². The van der Waals surface area contributed by atoms with E-state index in [9.17, 15) is 4.79 Å². The Labute approximate surface area is 250 Å². The summed E-state index contributed by atoms with van der Waals surface area (Å²) in [7, 11) is 5.07. The Kier molecular flexibility index (Phi) is 12.0. The summed E-state index contributed by atoms with van der Waals surface area (Å²) < 4.78 is 16.6. The van der Waals surface area contributed by atoms with E-state index in [4.69, 9.17) is 19.2 Å². The molecule has 0 bridgehead atoms. The summed E-state index contributed by atoms with van der Waals surface area (Å²) in [6.45, 7) is 2.83. The van der Waals surface area contributed by atoms with Crippen LogP contribution in [0.2, 0.25) is 0 Å². The van der Waals surface area contributed by atoms with Crippen molar-refractivity contribution in [3.05, 3.63) is 87.1 Å². The first kappa shape index (κ1) is 31.0. The third-order valence-electron chi connectivity index (χ3n) is 8.28. The molecule has 6 heteroatoms. The number of methoxy groups -OCH3 is 2. The minimum absolute atomic E-state index is 0.0806. The van der Waals surface area contributed by atoms with Crippen molar-refractivity contribution >= 4 is 23.0 Å². The number of hydrogen-bond donors (Lipinski definition) is 0. The fourth-order valence-electron chi connectivity index (χ4n) is 5.98. The van der Waals surface area contributed by atoms with Gasteiger partial charge in [-0.1, -0.05) is 62.6 Å². The van der Waals surface area contributed by atoms with Crippen molar-refractivity contribution < 1.29 is 19.0 Å². The number of benzene rings is 2. The van der Waals surface area contributed by atoms with Crippen LogP contribution in [0.3, 0.4) is 0 Å². The normalized spacial score (nSPS) is 18.5. The zero-order chi connectivity index (χ0) is 29.0. The Balaban J connectivity index is 1.40. The van der Waals surface area contributed by atoms with E-state index in [2.05, 4.69) is 49.4 Å². The maximum Gasteiger partial charge on any atom is 0.348 e. The minimum atomic E-state index is -0.247. The molecule has 41 heavy (non-hydrogen) atoms. The lowest BCUT2D eigenvalue weighted by Crippen LogP contribution is -2.14. The Morgan fingerprint density at radius 1 is 1.00 bits per heavy atom. The van der Waals surface area contributed by atoms with Crippen LogP contribution in [-0.2, 0) is 22.5 Å². The summed E-state index contributed by atoms with van der Waals surface area (Å²) >= 11 is 1.55. The average molecular weight is 576 g/mol. The van der Waals surface area contributed by atoms with Crippen molar-refractivity contribution in [2.45, 2.75) is 83.3 Å². The van der Waals surface area contributed by atoms with Gasteiger partial charge >= 0.3 is 5.97 Å². The summed E-state index contributed by atoms with van der Waals surface area (Å²) in [5, 5.41) is 0. The molecule has 1 heterocycles. The molecule has 0 amide bonds. The van der Waals surface area contributed by atoms with Gasteiger partial charge in [0.15, 0.2) is 0 Å². The molecular weight excluding hydrogens is 530 g/mol. The molecule has 1 unspecified atom stereocenters. The lowest BCUT2D eigenvalue weighted by atomic mass is 9.84. The van der Waals surface area contributed by atoms with Crippen LogP contribution in [0.25, 0.3) is 0 Å². The lowest BCUT2D eigenvalue weighted by molar-refractivity contribution is 0.0322. The highest BCUT2D eigenvalue weighted by Crippen LogP contribution is 2.41. The zero-order valence-electron chi connectivity index (χ0n) is 25.1. The number of aryl methyl sites for hydroxylation is 1. The van der Waals surface area contributed by atoms with Gasteiger partial charge in [0.1, 0.15) is 10.6 Å². The van der Waals surface area contributed by atoms with E-state index < -0.39 is 0 Å². The Morgan fingerprint density at radius 2 is 1.78 bits per heavy atom. The summed E-state index contributed by atoms with van der Waals surface area (Å²) in [4.78, 5) is 18.4. The van der Waals surface area contributed by atoms with Crippen molar-refractivity contribution in [3.63, 3.8) is 0 Å². The fraction of sp³-hybridized carbons (Fsp3) is 0.486. The largest absolute Gasteiger partial charge is 0.497 e. The number of esters is 1. The van der Waals surface area contributed by atoms with E-state index in [0.29, 0.717) is 23.3 Å². The van der Waals surface area contributed by atoms with Gasteiger partial charge in [-0.25, -0.2) is 4.79 Å². The van der Waals surface area contributed by atoms with E-state index in [1.807, 2.05) is 25.2 Å². The number of carbonyl (C=O) groups excluding carboxylic acids is 1. The molecule has 0 spiro atoms. The van der Waals surface area contributed by atoms with Crippen LogP contribution in [0.4, 0.5) is 0 Å². The first-order valence-corrected chi connectivity index (χ1v) is 15.8. The van der Waals surface area contributed by atoms with Crippen molar-refractivity contribution in [1.29, 1.82) is 0 Å². The molecule has 1 aliphatic rings. The van der Waals surface area contributed by atoms with Crippen molar-refractivity contribution in [2.24, 2.45) is 10.9 Å². The monoisotopic (exact) mass is 575 g/mol. The predicted molar refractivity (Wildman–Crippen MR) is 169 cm³/mol. The molecule has 0 radical (unpaired) electrons. The topological polar surface area (TPSA) is 57.1 Å². The average Bonchev–Trinajstić information content (AvgIpc) is 3.66. The van der Waals surface area contributed by atoms with E-state index in [1.54, 1.807) is 18.4 Å². The van der Waals surface area contributed by atoms with Gasteiger partial charge in [-0.15, -0.1) is 11.3 Å². The second kappa shape index (κ2) is 15.9. The maximum atomic E-state index is 11.8. The minimum Gasteiger partial charge on any atom is -0.497 e. The van der Waals surface area contributed by atoms with Crippen LogP contribution >= 0.6 is 11.3 Å². The molecule has 5 nitrogen and oxygen atoms in total. The molecule has 1 aliphatic carbocycles. The molecule has 4 rings (SSSR count). The number of unbranched alkanes of at least 4 members (excludes halogenated alkanes) is 2. The maximum absolute atomic E-state index is 11.8. The summed E-state index contributed by atoms with van der Waals surface area (Å²) in [5.74, 6) is 1.58. The molecule has 0 saturated heterocycles. The number of rotatable bonds is 15. The third-order valence-corrected chi connectivity index (χ3v) is 9.41. The van der Waals surface area contributed by atoms with Crippen LogP contribution in [0, 0.1) is 5.92 Å². The van der Waals surface area contributed by atoms with Crippen molar-refractivity contribution in [1.82, 2.24) is 0 Å². The molecule has 1 fully saturated rings. The molecule has 0 N–H and O–H groups in total. The smallest absolute Gasteiger partial charge is 0.348 e. The van der Waals surface area contributed by atoms with Crippen LogP contribution < -0.4 is 4.74 Å². The second-order valence-electron chi connectivity index (χ2n) is 11.0. The summed E-state index contributed by atoms with van der Waals surface area (Å²) in [6.07, 6.45) is 10.2. The number of thiophene rings is 1. The number of nitrogens with zero attached hydrogens (tertiary/aromatic N) is 1. The van der Waals surface area contributed by atoms with E-state index >= 15 is 0 Å². The molecule has 1 aromatic heterocycles. The second-order valence-corrected chi connectivity index (χ2v) is 12.1. The highest BCUT2D eigenvalue weighted by molar-refractivity contribution is 7.13. The highest BCUT2D eigenvalue weighted by atomic mass is 32.1. The van der Waals surface area contributed by atoms with E-state index in [-0.39, 0.29) is 12.1 Å². The Morgan fingerprint density at radius 3 is 2.46 bits per heavy atom. The number of hydrogen-bond acceptors (Lipinski definition) is 6. The van der Waals surface area contributed by atoms with Crippen molar-refractivity contribution in [2.75, 3.05) is 21.3 Å². The molecule has 3 aromatic rings.